The van der Waals surface area contributed by atoms with Gasteiger partial charge in [0, 0.05) is 23.0 Å². The molecule has 6 nitrogen and oxygen atoms in total. The van der Waals surface area contributed by atoms with Crippen molar-refractivity contribution in [3.63, 3.8) is 0 Å². The summed E-state index contributed by atoms with van der Waals surface area (Å²) in [5.74, 6) is 0.596. The minimum atomic E-state index is -0.392. The maximum absolute atomic E-state index is 13.0. The third-order valence-corrected chi connectivity index (χ3v) is 5.98. The summed E-state index contributed by atoms with van der Waals surface area (Å²) >= 11 is 6.68. The van der Waals surface area contributed by atoms with E-state index in [1.807, 2.05) is 36.7 Å². The van der Waals surface area contributed by atoms with E-state index in [2.05, 4.69) is 0 Å². The van der Waals surface area contributed by atoms with E-state index in [1.165, 1.54) is 23.9 Å². The number of amides is 1. The van der Waals surface area contributed by atoms with Gasteiger partial charge in [0.25, 0.3) is 5.91 Å². The van der Waals surface area contributed by atoms with Crippen LogP contribution in [0.2, 0.25) is 0 Å². The predicted octanol–water partition coefficient (Wildman–Crippen LogP) is 4.69. The molecule has 3 aromatic rings. The van der Waals surface area contributed by atoms with Crippen molar-refractivity contribution >= 4 is 46.3 Å². The number of thiocarbonyl (C=S) groups is 1. The van der Waals surface area contributed by atoms with Crippen LogP contribution in [0.3, 0.4) is 0 Å². The molecule has 0 spiro atoms. The van der Waals surface area contributed by atoms with Gasteiger partial charge in [-0.1, -0.05) is 23.9 Å². The van der Waals surface area contributed by atoms with E-state index >= 15 is 0 Å². The van der Waals surface area contributed by atoms with Crippen LogP contribution in [0.15, 0.2) is 57.9 Å². The fourth-order valence-electron chi connectivity index (χ4n) is 3.21. The van der Waals surface area contributed by atoms with Gasteiger partial charge in [-0.3, -0.25) is 9.47 Å². The third kappa shape index (κ3) is 3.59. The molecule has 152 valence electrons. The van der Waals surface area contributed by atoms with Gasteiger partial charge in [0.15, 0.2) is 4.32 Å². The van der Waals surface area contributed by atoms with E-state index < -0.39 is 5.97 Å². The summed E-state index contributed by atoms with van der Waals surface area (Å²) in [6.45, 7) is 3.86. The molecular weight excluding hydrogens is 420 g/mol. The van der Waals surface area contributed by atoms with Gasteiger partial charge in [-0.05, 0) is 62.5 Å². The van der Waals surface area contributed by atoms with Crippen LogP contribution in [-0.2, 0) is 9.53 Å². The molecule has 2 aromatic heterocycles. The number of methoxy groups -OCH3 is 1. The average Bonchev–Trinajstić information content (AvgIpc) is 3.41. The molecular formula is C22H18N2O4S2. The second-order valence-electron chi connectivity index (χ2n) is 6.69. The van der Waals surface area contributed by atoms with E-state index in [1.54, 1.807) is 36.4 Å². The largest absolute Gasteiger partial charge is 0.465 e. The van der Waals surface area contributed by atoms with E-state index in [-0.39, 0.29) is 5.91 Å². The van der Waals surface area contributed by atoms with Crippen molar-refractivity contribution in [2.75, 3.05) is 12.1 Å². The average molecular weight is 439 g/mol. The zero-order chi connectivity index (χ0) is 21.4. The summed E-state index contributed by atoms with van der Waals surface area (Å²) in [7, 11) is 1.34. The van der Waals surface area contributed by atoms with Crippen LogP contribution in [0.1, 0.15) is 27.5 Å². The molecule has 1 saturated heterocycles. The fourth-order valence-corrected chi connectivity index (χ4v) is 4.43. The third-order valence-electron chi connectivity index (χ3n) is 4.70. The van der Waals surface area contributed by atoms with Gasteiger partial charge in [0.2, 0.25) is 0 Å². The summed E-state index contributed by atoms with van der Waals surface area (Å²) in [6, 6.07) is 14.4. The molecule has 30 heavy (non-hydrogen) atoms. The molecule has 1 aliphatic heterocycles. The Labute approximate surface area is 183 Å². The molecule has 1 amide bonds. The van der Waals surface area contributed by atoms with E-state index in [0.29, 0.717) is 26.3 Å². The molecule has 4 rings (SSSR count). The molecule has 0 unspecified atom stereocenters. The van der Waals surface area contributed by atoms with Gasteiger partial charge in [-0.15, -0.1) is 0 Å². The zero-order valence-electron chi connectivity index (χ0n) is 16.5. The van der Waals surface area contributed by atoms with Gasteiger partial charge in [-0.2, -0.15) is 5.01 Å². The molecule has 0 aliphatic carbocycles. The minimum Gasteiger partial charge on any atom is -0.465 e. The Balaban J connectivity index is 1.58. The van der Waals surface area contributed by atoms with Gasteiger partial charge in [-0.25, -0.2) is 4.79 Å². The van der Waals surface area contributed by atoms with Gasteiger partial charge in [0.05, 0.1) is 17.6 Å². The highest BCUT2D eigenvalue weighted by molar-refractivity contribution is 8.27. The normalized spacial score (nSPS) is 15.3. The Morgan fingerprint density at radius 2 is 1.73 bits per heavy atom. The Morgan fingerprint density at radius 3 is 2.37 bits per heavy atom. The minimum absolute atomic E-state index is 0.187. The molecule has 1 aliphatic rings. The van der Waals surface area contributed by atoms with Crippen LogP contribution in [-0.4, -0.2) is 28.0 Å². The summed E-state index contributed by atoms with van der Waals surface area (Å²) < 4.78 is 12.9. The summed E-state index contributed by atoms with van der Waals surface area (Å²) in [5, 5.41) is 1.51. The van der Waals surface area contributed by atoms with Crippen LogP contribution in [0.4, 0.5) is 0 Å². The van der Waals surface area contributed by atoms with Crippen LogP contribution < -0.4 is 5.01 Å². The number of thioether (sulfide) groups is 1. The van der Waals surface area contributed by atoms with Crippen molar-refractivity contribution < 1.29 is 18.7 Å². The first kappa shape index (κ1) is 20.2. The lowest BCUT2D eigenvalue weighted by Crippen LogP contribution is -2.39. The van der Waals surface area contributed by atoms with Crippen molar-refractivity contribution in [1.82, 2.24) is 4.68 Å². The van der Waals surface area contributed by atoms with Crippen LogP contribution in [0.25, 0.3) is 17.4 Å². The predicted molar refractivity (Wildman–Crippen MR) is 121 cm³/mol. The Kier molecular flexibility index (Phi) is 5.36. The Bertz CT molecular complexity index is 1170. The second-order valence-corrected chi connectivity index (χ2v) is 8.37. The van der Waals surface area contributed by atoms with E-state index in [9.17, 15) is 9.59 Å². The van der Waals surface area contributed by atoms with Crippen LogP contribution >= 0.6 is 24.0 Å². The number of benzene rings is 1. The number of ether oxygens (including phenoxy) is 1. The number of hydrogen-bond acceptors (Lipinski definition) is 6. The SMILES string of the molecule is COC(=O)c1ccc(-c2ccc(C=C3SC(=S)N(n4c(C)ccc4C)C3=O)o2)cc1. The first-order valence-electron chi connectivity index (χ1n) is 9.11. The highest BCUT2D eigenvalue weighted by atomic mass is 32.2. The lowest BCUT2D eigenvalue weighted by molar-refractivity contribution is -0.114. The van der Waals surface area contributed by atoms with Gasteiger partial charge >= 0.3 is 5.97 Å². The monoisotopic (exact) mass is 438 g/mol. The molecule has 1 fully saturated rings. The highest BCUT2D eigenvalue weighted by Gasteiger charge is 2.35. The molecule has 0 saturated carbocycles. The Hall–Kier alpha value is -3.10. The molecule has 0 atom stereocenters. The molecule has 1 aromatic carbocycles. The number of furan rings is 1. The summed E-state index contributed by atoms with van der Waals surface area (Å²) in [6.07, 6.45) is 1.69. The fraction of sp³-hybridized carbons (Fsp3) is 0.136. The maximum atomic E-state index is 13.0. The first-order chi connectivity index (χ1) is 14.4. The summed E-state index contributed by atoms with van der Waals surface area (Å²) in [5.41, 5.74) is 3.14. The number of aryl methyl sites for hydroxylation is 2. The number of esters is 1. The lowest BCUT2D eigenvalue weighted by Gasteiger charge is -2.20. The van der Waals surface area contributed by atoms with Crippen molar-refractivity contribution in [1.29, 1.82) is 0 Å². The molecule has 8 heteroatoms. The summed E-state index contributed by atoms with van der Waals surface area (Å²) in [4.78, 5) is 25.0. The van der Waals surface area contributed by atoms with Crippen molar-refractivity contribution in [3.05, 3.63) is 76.1 Å². The smallest absolute Gasteiger partial charge is 0.337 e. The highest BCUT2D eigenvalue weighted by Crippen LogP contribution is 2.33. The van der Waals surface area contributed by atoms with Crippen molar-refractivity contribution in [3.8, 4) is 11.3 Å². The number of hydrogen-bond donors (Lipinski definition) is 0. The molecule has 3 heterocycles. The lowest BCUT2D eigenvalue weighted by atomic mass is 10.1. The van der Waals surface area contributed by atoms with Crippen molar-refractivity contribution in [2.24, 2.45) is 0 Å². The number of rotatable bonds is 4. The quantitative estimate of drug-likeness (QED) is 0.335. The number of carbonyl (C=O) groups is 2. The Morgan fingerprint density at radius 1 is 1.07 bits per heavy atom. The van der Waals surface area contributed by atoms with Crippen LogP contribution in [0, 0.1) is 13.8 Å². The number of nitrogens with zero attached hydrogens (tertiary/aromatic N) is 2. The number of carbonyl (C=O) groups excluding carboxylic acids is 2. The topological polar surface area (TPSA) is 64.7 Å². The standard InChI is InChI=1S/C22H18N2O4S2/c1-13-4-5-14(2)23(13)24-20(25)19(30-22(24)29)12-17-10-11-18(28-17)15-6-8-16(9-7-15)21(26)27-3/h4-12H,1-3H3. The maximum Gasteiger partial charge on any atom is 0.337 e. The first-order valence-corrected chi connectivity index (χ1v) is 10.3. The van der Waals surface area contributed by atoms with Gasteiger partial charge in [0.1, 0.15) is 11.5 Å². The van der Waals surface area contributed by atoms with Gasteiger partial charge < -0.3 is 9.15 Å². The van der Waals surface area contributed by atoms with Crippen molar-refractivity contribution in [2.45, 2.75) is 13.8 Å². The van der Waals surface area contributed by atoms with E-state index in [0.717, 1.165) is 17.0 Å². The van der Waals surface area contributed by atoms with Crippen LogP contribution in [0.5, 0.6) is 0 Å². The number of aromatic nitrogens is 1. The molecule has 0 radical (unpaired) electrons. The van der Waals surface area contributed by atoms with E-state index in [4.69, 9.17) is 21.4 Å². The second kappa shape index (κ2) is 7.97. The molecule has 0 bridgehead atoms. The zero-order valence-corrected chi connectivity index (χ0v) is 18.2. The molecule has 0 N–H and O–H groups in total.